The standard InChI is InChI=1S/C15H19N3O/c19-14-2-1-11-9-13(17-7-4-16-5-8-17)10-12-3-6-18(14)15(11)12/h9-10,16H,1-8H2. The van der Waals surface area contributed by atoms with Crippen molar-refractivity contribution in [2.75, 3.05) is 42.5 Å². The molecule has 1 N–H and O–H groups in total. The summed E-state index contributed by atoms with van der Waals surface area (Å²) in [6.45, 7) is 5.18. The molecule has 0 bridgehead atoms. The molecule has 0 spiro atoms. The van der Waals surface area contributed by atoms with Gasteiger partial charge in [-0.05, 0) is 36.1 Å². The summed E-state index contributed by atoms with van der Waals surface area (Å²) in [6, 6.07) is 4.62. The number of rotatable bonds is 1. The molecule has 0 saturated carbocycles. The molecule has 0 radical (unpaired) electrons. The number of hydrogen-bond acceptors (Lipinski definition) is 3. The van der Waals surface area contributed by atoms with Crippen molar-refractivity contribution in [1.29, 1.82) is 0 Å². The summed E-state index contributed by atoms with van der Waals surface area (Å²) in [5, 5.41) is 3.39. The number of carbonyl (C=O) groups is 1. The normalized spacial score (nSPS) is 21.8. The van der Waals surface area contributed by atoms with E-state index in [1.807, 2.05) is 4.90 Å². The lowest BCUT2D eigenvalue weighted by molar-refractivity contribution is -0.118. The first-order valence-corrected chi connectivity index (χ1v) is 7.25. The highest BCUT2D eigenvalue weighted by Gasteiger charge is 2.31. The Morgan fingerprint density at radius 1 is 0.947 bits per heavy atom. The van der Waals surface area contributed by atoms with Gasteiger partial charge in [-0.1, -0.05) is 0 Å². The molecule has 0 atom stereocenters. The molecule has 0 aromatic heterocycles. The largest absolute Gasteiger partial charge is 0.369 e. The predicted octanol–water partition coefficient (Wildman–Crippen LogP) is 0.931. The van der Waals surface area contributed by atoms with Gasteiger partial charge in [0.05, 0.1) is 5.69 Å². The Kier molecular flexibility index (Phi) is 2.52. The maximum absolute atomic E-state index is 11.9. The van der Waals surface area contributed by atoms with Gasteiger partial charge in [0.2, 0.25) is 5.91 Å². The van der Waals surface area contributed by atoms with Gasteiger partial charge in [-0.3, -0.25) is 4.79 Å². The molecule has 1 fully saturated rings. The van der Waals surface area contributed by atoms with Crippen LogP contribution in [0.25, 0.3) is 0 Å². The summed E-state index contributed by atoms with van der Waals surface area (Å²) in [4.78, 5) is 16.4. The SMILES string of the molecule is O=C1CCc2cc(N3CCNCC3)cc3c2N1CC3. The molecule has 4 heteroatoms. The predicted molar refractivity (Wildman–Crippen MR) is 75.9 cm³/mol. The van der Waals surface area contributed by atoms with Crippen molar-refractivity contribution in [2.45, 2.75) is 19.3 Å². The van der Waals surface area contributed by atoms with E-state index in [0.717, 1.165) is 45.6 Å². The van der Waals surface area contributed by atoms with Crippen molar-refractivity contribution >= 4 is 17.3 Å². The van der Waals surface area contributed by atoms with Crippen LogP contribution in [0, 0.1) is 0 Å². The van der Waals surface area contributed by atoms with Crippen LogP contribution in [0.4, 0.5) is 11.4 Å². The molecule has 19 heavy (non-hydrogen) atoms. The molecule has 1 aromatic rings. The van der Waals surface area contributed by atoms with Gasteiger partial charge in [-0.15, -0.1) is 0 Å². The summed E-state index contributed by atoms with van der Waals surface area (Å²) < 4.78 is 0. The van der Waals surface area contributed by atoms with Crippen molar-refractivity contribution in [3.8, 4) is 0 Å². The Balaban J connectivity index is 1.75. The van der Waals surface area contributed by atoms with Gasteiger partial charge in [0.15, 0.2) is 0 Å². The minimum Gasteiger partial charge on any atom is -0.369 e. The summed E-state index contributed by atoms with van der Waals surface area (Å²) >= 11 is 0. The molecule has 100 valence electrons. The fourth-order valence-electron chi connectivity index (χ4n) is 3.55. The number of hydrogen-bond donors (Lipinski definition) is 1. The zero-order valence-corrected chi connectivity index (χ0v) is 11.1. The van der Waals surface area contributed by atoms with Gasteiger partial charge < -0.3 is 15.1 Å². The van der Waals surface area contributed by atoms with Gasteiger partial charge in [0.25, 0.3) is 0 Å². The molecule has 1 aromatic carbocycles. The van der Waals surface area contributed by atoms with Gasteiger partial charge in [0, 0.05) is 44.8 Å². The lowest BCUT2D eigenvalue weighted by Gasteiger charge is -2.32. The van der Waals surface area contributed by atoms with Crippen molar-refractivity contribution in [2.24, 2.45) is 0 Å². The molecule has 1 amide bonds. The van der Waals surface area contributed by atoms with Crippen LogP contribution in [0.5, 0.6) is 0 Å². The van der Waals surface area contributed by atoms with E-state index in [1.54, 1.807) is 0 Å². The second-order valence-corrected chi connectivity index (χ2v) is 5.65. The fraction of sp³-hybridized carbons (Fsp3) is 0.533. The fourth-order valence-corrected chi connectivity index (χ4v) is 3.55. The third-order valence-electron chi connectivity index (χ3n) is 4.52. The third-order valence-corrected chi connectivity index (χ3v) is 4.52. The van der Waals surface area contributed by atoms with Gasteiger partial charge >= 0.3 is 0 Å². The Bertz CT molecular complexity index is 534. The first kappa shape index (κ1) is 11.3. The highest BCUT2D eigenvalue weighted by molar-refractivity contribution is 5.99. The van der Waals surface area contributed by atoms with E-state index in [4.69, 9.17) is 0 Å². The lowest BCUT2D eigenvalue weighted by Crippen LogP contribution is -2.43. The number of nitrogens with one attached hydrogen (secondary N) is 1. The first-order chi connectivity index (χ1) is 9.33. The monoisotopic (exact) mass is 257 g/mol. The van der Waals surface area contributed by atoms with Gasteiger partial charge in [-0.2, -0.15) is 0 Å². The minimum absolute atomic E-state index is 0.307. The van der Waals surface area contributed by atoms with Crippen molar-refractivity contribution < 1.29 is 4.79 Å². The molecule has 3 aliphatic heterocycles. The Labute approximate surface area is 113 Å². The Morgan fingerprint density at radius 2 is 1.68 bits per heavy atom. The van der Waals surface area contributed by atoms with Crippen molar-refractivity contribution in [1.82, 2.24) is 5.32 Å². The molecule has 3 aliphatic rings. The summed E-state index contributed by atoms with van der Waals surface area (Å²) in [7, 11) is 0. The van der Waals surface area contributed by atoms with Gasteiger partial charge in [0.1, 0.15) is 0 Å². The Hall–Kier alpha value is -1.55. The van der Waals surface area contributed by atoms with Crippen LogP contribution in [0.3, 0.4) is 0 Å². The zero-order chi connectivity index (χ0) is 12.8. The van der Waals surface area contributed by atoms with E-state index in [0.29, 0.717) is 12.3 Å². The number of carbonyl (C=O) groups excluding carboxylic acids is 1. The summed E-state index contributed by atoms with van der Waals surface area (Å²) in [5.41, 5.74) is 5.34. The van der Waals surface area contributed by atoms with Crippen molar-refractivity contribution in [3.05, 3.63) is 23.3 Å². The van der Waals surface area contributed by atoms with Crippen LogP contribution in [-0.4, -0.2) is 38.6 Å². The summed E-state index contributed by atoms with van der Waals surface area (Å²) in [5.74, 6) is 0.307. The highest BCUT2D eigenvalue weighted by atomic mass is 16.2. The molecule has 1 saturated heterocycles. The lowest BCUT2D eigenvalue weighted by atomic mass is 9.98. The third kappa shape index (κ3) is 1.74. The average molecular weight is 257 g/mol. The van der Waals surface area contributed by atoms with E-state index in [-0.39, 0.29) is 0 Å². The number of anilines is 2. The average Bonchev–Trinajstić information content (AvgIpc) is 2.89. The number of benzene rings is 1. The second-order valence-electron chi connectivity index (χ2n) is 5.65. The van der Waals surface area contributed by atoms with E-state index >= 15 is 0 Å². The minimum atomic E-state index is 0.307. The van der Waals surface area contributed by atoms with E-state index in [2.05, 4.69) is 22.3 Å². The van der Waals surface area contributed by atoms with E-state index < -0.39 is 0 Å². The molecule has 0 aliphatic carbocycles. The molecular formula is C15H19N3O. The first-order valence-electron chi connectivity index (χ1n) is 7.25. The molecular weight excluding hydrogens is 238 g/mol. The molecule has 3 heterocycles. The second kappa shape index (κ2) is 4.23. The molecule has 4 rings (SSSR count). The van der Waals surface area contributed by atoms with Crippen LogP contribution in [-0.2, 0) is 17.6 Å². The Morgan fingerprint density at radius 3 is 2.47 bits per heavy atom. The van der Waals surface area contributed by atoms with E-state index in [9.17, 15) is 4.79 Å². The maximum atomic E-state index is 11.9. The number of piperazine rings is 1. The van der Waals surface area contributed by atoms with Crippen LogP contribution < -0.4 is 15.1 Å². The number of amides is 1. The summed E-state index contributed by atoms with van der Waals surface area (Å²) in [6.07, 6.45) is 2.61. The van der Waals surface area contributed by atoms with Crippen LogP contribution >= 0.6 is 0 Å². The molecule has 0 unspecified atom stereocenters. The number of nitrogens with zero attached hydrogens (tertiary/aromatic N) is 2. The highest BCUT2D eigenvalue weighted by Crippen LogP contribution is 2.39. The zero-order valence-electron chi connectivity index (χ0n) is 11.1. The maximum Gasteiger partial charge on any atom is 0.227 e. The smallest absolute Gasteiger partial charge is 0.227 e. The van der Waals surface area contributed by atoms with E-state index in [1.165, 1.54) is 22.5 Å². The molecule has 4 nitrogen and oxygen atoms in total. The van der Waals surface area contributed by atoms with Gasteiger partial charge in [-0.25, -0.2) is 0 Å². The van der Waals surface area contributed by atoms with Crippen molar-refractivity contribution in [3.63, 3.8) is 0 Å². The number of aryl methyl sites for hydroxylation is 1. The van der Waals surface area contributed by atoms with Crippen LogP contribution in [0.1, 0.15) is 17.5 Å². The topological polar surface area (TPSA) is 35.6 Å². The van der Waals surface area contributed by atoms with Crippen LogP contribution in [0.2, 0.25) is 0 Å². The van der Waals surface area contributed by atoms with Crippen LogP contribution in [0.15, 0.2) is 12.1 Å². The quantitative estimate of drug-likeness (QED) is 0.813.